The lowest BCUT2D eigenvalue weighted by Gasteiger charge is -2.17. The van der Waals surface area contributed by atoms with Crippen molar-refractivity contribution in [3.63, 3.8) is 0 Å². The molecule has 0 bridgehead atoms. The van der Waals surface area contributed by atoms with Crippen LogP contribution in [0.3, 0.4) is 0 Å². The molecule has 1 heterocycles. The number of pyridine rings is 1. The van der Waals surface area contributed by atoms with Crippen molar-refractivity contribution in [2.24, 2.45) is 4.99 Å². The Labute approximate surface area is 186 Å². The Morgan fingerprint density at radius 1 is 1.20 bits per heavy atom. The van der Waals surface area contributed by atoms with E-state index < -0.39 is 0 Å². The van der Waals surface area contributed by atoms with E-state index in [-0.39, 0.29) is 0 Å². The molecule has 1 N–H and O–H groups in total. The number of rotatable bonds is 8. The van der Waals surface area contributed by atoms with Crippen molar-refractivity contribution < 1.29 is 0 Å². The Bertz CT molecular complexity index is 936. The first kappa shape index (κ1) is 25.1. The minimum Gasteiger partial charge on any atom is -0.361 e. The summed E-state index contributed by atoms with van der Waals surface area (Å²) in [6.45, 7) is 15.7. The van der Waals surface area contributed by atoms with Crippen LogP contribution in [0.25, 0.3) is 22.9 Å². The molecule has 0 unspecified atom stereocenters. The molecule has 1 aromatic heterocycles. The highest BCUT2D eigenvalue weighted by Crippen LogP contribution is 2.37. The number of aliphatic imine (C=N–C) groups is 1. The van der Waals surface area contributed by atoms with Gasteiger partial charge in [-0.05, 0) is 42.8 Å². The Balaban J connectivity index is 0.00000218. The summed E-state index contributed by atoms with van der Waals surface area (Å²) < 4.78 is 0. The number of hydrogen-bond donors (Lipinski definition) is 1. The van der Waals surface area contributed by atoms with Gasteiger partial charge in [-0.1, -0.05) is 81.9 Å². The summed E-state index contributed by atoms with van der Waals surface area (Å²) in [6.07, 6.45) is 11.9. The maximum Gasteiger partial charge on any atom is 0.0916 e. The normalized spacial score (nSPS) is 11.3. The molecule has 0 fully saturated rings. The topological polar surface area (TPSA) is 37.3 Å². The zero-order chi connectivity index (χ0) is 22.5. The summed E-state index contributed by atoms with van der Waals surface area (Å²) in [7, 11) is 1.74. The molecule has 2 rings (SSSR count). The molecular formula is C26H32ClN3. The minimum absolute atomic E-state index is 0.593. The van der Waals surface area contributed by atoms with Gasteiger partial charge in [0.05, 0.1) is 22.1 Å². The van der Waals surface area contributed by atoms with E-state index in [1.165, 1.54) is 0 Å². The third-order valence-corrected chi connectivity index (χ3v) is 4.68. The second-order valence-electron chi connectivity index (χ2n) is 6.03. The molecule has 0 spiro atoms. The van der Waals surface area contributed by atoms with Gasteiger partial charge in [-0.25, -0.2) is 4.98 Å². The molecule has 1 aromatic carbocycles. The van der Waals surface area contributed by atoms with E-state index in [1.807, 2.05) is 69.3 Å². The second kappa shape index (κ2) is 13.3. The summed E-state index contributed by atoms with van der Waals surface area (Å²) in [5, 5.41) is 3.78. The van der Waals surface area contributed by atoms with Gasteiger partial charge in [0.2, 0.25) is 0 Å². The van der Waals surface area contributed by atoms with E-state index in [9.17, 15) is 0 Å². The number of nitrogens with one attached hydrogen (secondary N) is 1. The zero-order valence-corrected chi connectivity index (χ0v) is 19.4. The smallest absolute Gasteiger partial charge is 0.0916 e. The minimum atomic E-state index is 0.593. The van der Waals surface area contributed by atoms with Gasteiger partial charge in [-0.2, -0.15) is 0 Å². The molecule has 0 aliphatic heterocycles. The summed E-state index contributed by atoms with van der Waals surface area (Å²) in [6, 6.07) is 8.11. The van der Waals surface area contributed by atoms with E-state index >= 15 is 0 Å². The van der Waals surface area contributed by atoms with Crippen LogP contribution in [0.15, 0.2) is 66.8 Å². The molecule has 3 nitrogen and oxygen atoms in total. The molecule has 4 heteroatoms. The van der Waals surface area contributed by atoms with Gasteiger partial charge in [-0.3, -0.25) is 4.99 Å². The Kier molecular flexibility index (Phi) is 11.2. The predicted octanol–water partition coefficient (Wildman–Crippen LogP) is 7.85. The van der Waals surface area contributed by atoms with E-state index in [2.05, 4.69) is 30.4 Å². The third kappa shape index (κ3) is 6.04. The van der Waals surface area contributed by atoms with E-state index in [1.54, 1.807) is 19.5 Å². The highest BCUT2D eigenvalue weighted by molar-refractivity contribution is 6.36. The second-order valence-corrected chi connectivity index (χ2v) is 6.40. The van der Waals surface area contributed by atoms with Crippen LogP contribution >= 0.6 is 11.6 Å². The summed E-state index contributed by atoms with van der Waals surface area (Å²) in [5.41, 5.74) is 6.57. The Morgan fingerprint density at radius 2 is 1.87 bits per heavy atom. The maximum absolute atomic E-state index is 6.73. The summed E-state index contributed by atoms with van der Waals surface area (Å²) in [4.78, 5) is 8.84. The molecule has 30 heavy (non-hydrogen) atoms. The fourth-order valence-corrected chi connectivity index (χ4v) is 3.29. The van der Waals surface area contributed by atoms with Crippen LogP contribution in [0.5, 0.6) is 0 Å². The summed E-state index contributed by atoms with van der Waals surface area (Å²) >= 11 is 6.73. The largest absolute Gasteiger partial charge is 0.361 e. The lowest BCUT2D eigenvalue weighted by Crippen LogP contribution is -2.02. The predicted molar refractivity (Wildman–Crippen MR) is 137 cm³/mol. The number of aromatic nitrogens is 1. The molecular weight excluding hydrogens is 390 g/mol. The highest BCUT2D eigenvalue weighted by Gasteiger charge is 2.17. The van der Waals surface area contributed by atoms with Crippen LogP contribution in [0, 0.1) is 0 Å². The van der Waals surface area contributed by atoms with Gasteiger partial charge in [0.1, 0.15) is 0 Å². The van der Waals surface area contributed by atoms with Gasteiger partial charge < -0.3 is 5.32 Å². The monoisotopic (exact) mass is 421 g/mol. The number of benzene rings is 1. The lowest BCUT2D eigenvalue weighted by molar-refractivity contribution is 1.09. The molecule has 0 amide bonds. The van der Waals surface area contributed by atoms with E-state index in [0.717, 1.165) is 45.8 Å². The summed E-state index contributed by atoms with van der Waals surface area (Å²) in [5.74, 6) is 0. The van der Waals surface area contributed by atoms with Crippen LogP contribution in [0.2, 0.25) is 5.02 Å². The van der Waals surface area contributed by atoms with Crippen LogP contribution < -0.4 is 5.32 Å². The number of allylic oxidation sites excluding steroid dienone is 4. The number of nitrogens with zero attached hydrogens (tertiary/aromatic N) is 2. The maximum atomic E-state index is 6.73. The lowest BCUT2D eigenvalue weighted by atomic mass is 10.0. The van der Waals surface area contributed by atoms with Gasteiger partial charge in [-0.15, -0.1) is 0 Å². The van der Waals surface area contributed by atoms with Gasteiger partial charge in [0, 0.05) is 24.4 Å². The van der Waals surface area contributed by atoms with Crippen LogP contribution in [-0.4, -0.2) is 18.2 Å². The number of anilines is 1. The molecule has 0 saturated carbocycles. The van der Waals surface area contributed by atoms with Gasteiger partial charge >= 0.3 is 0 Å². The fraction of sp³-hybridized carbons (Fsp3) is 0.231. The van der Waals surface area contributed by atoms with E-state index in [0.29, 0.717) is 5.02 Å². The quantitative estimate of drug-likeness (QED) is 0.348. The van der Waals surface area contributed by atoms with Gasteiger partial charge in [0.25, 0.3) is 0 Å². The van der Waals surface area contributed by atoms with Crippen LogP contribution in [-0.2, 0) is 6.42 Å². The standard InChI is InChI=1S/C24H26ClN3.C2H6/c1-6-10-21-20(8-3)24(27-9-4)22(25)23(28-21)19-13-11-18(12-14-19)17(7-2)15-16-26-5;1-2/h6-7,9-16H,2,4,8H2,1,3,5H3,(H,27,28);1-2H3/b10-6-,17-15+,26-16?;. The van der Waals surface area contributed by atoms with Crippen LogP contribution in [0.1, 0.15) is 44.5 Å². The first-order valence-corrected chi connectivity index (χ1v) is 10.6. The molecule has 0 atom stereocenters. The molecule has 0 saturated heterocycles. The molecule has 0 aliphatic rings. The average molecular weight is 422 g/mol. The van der Waals surface area contributed by atoms with Crippen molar-refractivity contribution in [3.8, 4) is 11.3 Å². The van der Waals surface area contributed by atoms with Gasteiger partial charge in [0.15, 0.2) is 0 Å². The van der Waals surface area contributed by atoms with E-state index in [4.69, 9.17) is 16.6 Å². The Morgan fingerprint density at radius 3 is 2.37 bits per heavy atom. The Hall–Kier alpha value is -2.91. The SMILES string of the molecule is C=CNc1c(Cl)c(-c2ccc(/C(C=C)=C/C=NC)cc2)nc(/C=C\C)c1CC.CC. The van der Waals surface area contributed by atoms with Crippen molar-refractivity contribution in [2.75, 3.05) is 12.4 Å². The number of hydrogen-bond acceptors (Lipinski definition) is 3. The highest BCUT2D eigenvalue weighted by atomic mass is 35.5. The first-order valence-electron chi connectivity index (χ1n) is 10.2. The third-order valence-electron chi connectivity index (χ3n) is 4.31. The van der Waals surface area contributed by atoms with Crippen molar-refractivity contribution in [1.29, 1.82) is 0 Å². The van der Waals surface area contributed by atoms with Crippen molar-refractivity contribution in [2.45, 2.75) is 34.1 Å². The molecule has 2 aromatic rings. The van der Waals surface area contributed by atoms with Crippen LogP contribution in [0.4, 0.5) is 5.69 Å². The average Bonchev–Trinajstić information content (AvgIpc) is 2.78. The van der Waals surface area contributed by atoms with Crippen molar-refractivity contribution in [3.05, 3.63) is 83.7 Å². The molecule has 0 radical (unpaired) electrons. The van der Waals surface area contributed by atoms with Crippen molar-refractivity contribution in [1.82, 2.24) is 4.98 Å². The molecule has 158 valence electrons. The first-order chi connectivity index (χ1) is 14.6. The molecule has 0 aliphatic carbocycles. The van der Waals surface area contributed by atoms with Crippen molar-refractivity contribution >= 4 is 35.2 Å². The zero-order valence-electron chi connectivity index (χ0n) is 18.7. The number of halogens is 1. The fourth-order valence-electron chi connectivity index (χ4n) is 2.97.